The predicted molar refractivity (Wildman–Crippen MR) is 17.4 cm³/mol. The summed E-state index contributed by atoms with van der Waals surface area (Å²) in [7, 11) is 0. The molecule has 0 saturated carbocycles. The van der Waals surface area contributed by atoms with Crippen LogP contribution in [-0.2, 0) is 0 Å². The van der Waals surface area contributed by atoms with Crippen LogP contribution < -0.4 is 0 Å². The summed E-state index contributed by atoms with van der Waals surface area (Å²) in [5.74, 6) is 0. The summed E-state index contributed by atoms with van der Waals surface area (Å²) >= 11 is 0. The molecule has 0 spiro atoms. The summed E-state index contributed by atoms with van der Waals surface area (Å²) < 4.78 is 0. The first-order valence-corrected chi connectivity index (χ1v) is 1.41. The van der Waals surface area contributed by atoms with Crippen molar-refractivity contribution >= 4 is 0 Å². The summed E-state index contributed by atoms with van der Waals surface area (Å²) in [6.07, 6.45) is -0.167. The molecule has 0 rings (SSSR count). The maximum Gasteiger partial charge on any atom is 0.0483 e. The first-order chi connectivity index (χ1) is 1.73. The van der Waals surface area contributed by atoms with E-state index >= 15 is 0 Å². The largest absolute Gasteiger partial charge is 0.394 e. The van der Waals surface area contributed by atoms with Crippen molar-refractivity contribution in [3.8, 4) is 0 Å². The molecule has 39 valence electrons. The molecular formula is C3H8OTm. The third-order valence-corrected chi connectivity index (χ3v) is 0. The Balaban J connectivity index is 0. The topological polar surface area (TPSA) is 20.2 Å². The van der Waals surface area contributed by atoms with Crippen molar-refractivity contribution in [2.24, 2.45) is 0 Å². The van der Waals surface area contributed by atoms with E-state index in [-0.39, 0.29) is 43.0 Å². The molecule has 0 fully saturated rings. The van der Waals surface area contributed by atoms with E-state index < -0.39 is 0 Å². The van der Waals surface area contributed by atoms with Crippen LogP contribution in [0, 0.1) is 36.9 Å². The van der Waals surface area contributed by atoms with E-state index in [2.05, 4.69) is 0 Å². The molecular weight excluding hydrogens is 221 g/mol. The number of aliphatic hydroxyl groups is 1. The van der Waals surface area contributed by atoms with Crippen LogP contribution in [0.4, 0.5) is 0 Å². The molecule has 5 heavy (non-hydrogen) atoms. The zero-order valence-corrected chi connectivity index (χ0v) is 5.08. The van der Waals surface area contributed by atoms with Gasteiger partial charge in [0.2, 0.25) is 0 Å². The Hall–Kier alpha value is 1.19. The summed E-state index contributed by atoms with van der Waals surface area (Å²) in [6, 6.07) is 0. The van der Waals surface area contributed by atoms with Gasteiger partial charge in [-0.05, 0) is 13.8 Å². The van der Waals surface area contributed by atoms with Crippen LogP contribution in [0.1, 0.15) is 13.8 Å². The van der Waals surface area contributed by atoms with E-state index in [1.54, 1.807) is 13.8 Å². The molecule has 0 unspecified atom stereocenters. The Morgan fingerprint density at radius 1 is 1.40 bits per heavy atom. The fourth-order valence-electron chi connectivity index (χ4n) is 0. The van der Waals surface area contributed by atoms with Gasteiger partial charge in [0.25, 0.3) is 0 Å². The third-order valence-electron chi connectivity index (χ3n) is 0. The Morgan fingerprint density at radius 3 is 1.40 bits per heavy atom. The Bertz CT molecular complexity index is 11.6. The second-order valence-corrected chi connectivity index (χ2v) is 1.09. The molecule has 0 aliphatic carbocycles. The molecule has 1 nitrogen and oxygen atoms in total. The van der Waals surface area contributed by atoms with Crippen molar-refractivity contribution in [2.45, 2.75) is 20.0 Å². The molecule has 0 atom stereocenters. The van der Waals surface area contributed by atoms with Gasteiger partial charge in [0.1, 0.15) is 0 Å². The fraction of sp³-hybridized carbons (Fsp3) is 1.00. The van der Waals surface area contributed by atoms with Gasteiger partial charge < -0.3 is 5.11 Å². The van der Waals surface area contributed by atoms with Crippen molar-refractivity contribution in [2.75, 3.05) is 0 Å². The molecule has 0 saturated heterocycles. The van der Waals surface area contributed by atoms with E-state index in [4.69, 9.17) is 5.11 Å². The van der Waals surface area contributed by atoms with Crippen LogP contribution in [0.25, 0.3) is 0 Å². The molecule has 1 radical (unpaired) electrons. The van der Waals surface area contributed by atoms with E-state index in [1.165, 1.54) is 0 Å². The van der Waals surface area contributed by atoms with Gasteiger partial charge in [-0.1, -0.05) is 0 Å². The van der Waals surface area contributed by atoms with Gasteiger partial charge in [-0.3, -0.25) is 0 Å². The zero-order chi connectivity index (χ0) is 3.58. The van der Waals surface area contributed by atoms with Gasteiger partial charge >= 0.3 is 0 Å². The average molecular weight is 229 g/mol. The van der Waals surface area contributed by atoms with Gasteiger partial charge in [0, 0.05) is 43.0 Å². The second-order valence-electron chi connectivity index (χ2n) is 1.09. The van der Waals surface area contributed by atoms with Crippen molar-refractivity contribution in [3.63, 3.8) is 0 Å². The summed E-state index contributed by atoms with van der Waals surface area (Å²) in [4.78, 5) is 0. The van der Waals surface area contributed by atoms with E-state index in [1.807, 2.05) is 0 Å². The molecule has 0 aliphatic rings. The third kappa shape index (κ3) is 37.2. The summed E-state index contributed by atoms with van der Waals surface area (Å²) in [5.41, 5.74) is 0. The summed E-state index contributed by atoms with van der Waals surface area (Å²) in [5, 5.41) is 8.06. The van der Waals surface area contributed by atoms with Gasteiger partial charge in [-0.2, -0.15) is 0 Å². The monoisotopic (exact) mass is 229 g/mol. The number of hydrogen-bond donors (Lipinski definition) is 1. The molecule has 0 heterocycles. The molecule has 0 aromatic carbocycles. The van der Waals surface area contributed by atoms with Crippen LogP contribution in [0.3, 0.4) is 0 Å². The molecule has 2 heteroatoms. The van der Waals surface area contributed by atoms with Crippen LogP contribution in [0.2, 0.25) is 0 Å². The van der Waals surface area contributed by atoms with Crippen LogP contribution in [-0.4, -0.2) is 11.2 Å². The molecule has 0 bridgehead atoms. The van der Waals surface area contributed by atoms with Crippen LogP contribution in [0.5, 0.6) is 0 Å². The van der Waals surface area contributed by atoms with Crippen molar-refractivity contribution in [1.82, 2.24) is 0 Å². The predicted octanol–water partition coefficient (Wildman–Crippen LogP) is 0.387. The van der Waals surface area contributed by atoms with E-state index in [0.717, 1.165) is 0 Å². The van der Waals surface area contributed by atoms with Crippen molar-refractivity contribution < 1.29 is 42.0 Å². The number of hydrogen-bond acceptors (Lipinski definition) is 1. The van der Waals surface area contributed by atoms with E-state index in [9.17, 15) is 0 Å². The maximum atomic E-state index is 8.06. The minimum atomic E-state index is -0.167. The normalized spacial score (nSPS) is 7.20. The molecule has 0 aliphatic heterocycles. The van der Waals surface area contributed by atoms with Gasteiger partial charge in [-0.25, -0.2) is 0 Å². The minimum absolute atomic E-state index is 0. The first-order valence-electron chi connectivity index (χ1n) is 1.41. The van der Waals surface area contributed by atoms with Gasteiger partial charge in [0.15, 0.2) is 0 Å². The molecule has 0 amide bonds. The smallest absolute Gasteiger partial charge is 0.0483 e. The van der Waals surface area contributed by atoms with Crippen molar-refractivity contribution in [1.29, 1.82) is 0 Å². The minimum Gasteiger partial charge on any atom is -0.394 e. The maximum absolute atomic E-state index is 8.06. The Morgan fingerprint density at radius 2 is 1.40 bits per heavy atom. The molecule has 1 N–H and O–H groups in total. The number of aliphatic hydroxyl groups excluding tert-OH is 1. The number of rotatable bonds is 0. The Kier molecular flexibility index (Phi) is 9.87. The van der Waals surface area contributed by atoms with Crippen LogP contribution in [0.15, 0.2) is 0 Å². The van der Waals surface area contributed by atoms with Gasteiger partial charge in [-0.15, -0.1) is 0 Å². The average Bonchev–Trinajstić information content (AvgIpc) is 0.811. The fourth-order valence-corrected chi connectivity index (χ4v) is 0. The first kappa shape index (κ1) is 9.50. The zero-order valence-electron chi connectivity index (χ0n) is 3.30. The molecule has 0 aromatic rings. The standard InChI is InChI=1S/C3H8O.Tm/c1-3(2)4;/h3-4H,1-2H3;. The van der Waals surface area contributed by atoms with Crippen molar-refractivity contribution in [3.05, 3.63) is 0 Å². The second kappa shape index (κ2) is 5.19. The molecule has 0 aromatic heterocycles. The summed E-state index contributed by atoms with van der Waals surface area (Å²) in [6.45, 7) is 3.44. The quantitative estimate of drug-likeness (QED) is 0.636. The SMILES string of the molecule is CC(C)O.[Tm]. The van der Waals surface area contributed by atoms with E-state index in [0.29, 0.717) is 0 Å². The van der Waals surface area contributed by atoms with Gasteiger partial charge in [0.05, 0.1) is 0 Å². The van der Waals surface area contributed by atoms with Crippen LogP contribution >= 0.6 is 0 Å². The Labute approximate surface area is 61.6 Å².